The fourth-order valence-electron chi connectivity index (χ4n) is 2.16. The molecule has 0 aliphatic carbocycles. The van der Waals surface area contributed by atoms with Crippen molar-refractivity contribution >= 4 is 10.0 Å². The molecular formula is C12H19N3O2S. The van der Waals surface area contributed by atoms with Crippen LogP contribution in [-0.2, 0) is 10.0 Å². The molecule has 1 fully saturated rings. The lowest BCUT2D eigenvalue weighted by Crippen LogP contribution is -2.53. The summed E-state index contributed by atoms with van der Waals surface area (Å²) in [7, 11) is -3.49. The zero-order valence-electron chi connectivity index (χ0n) is 10.7. The third-order valence-corrected chi connectivity index (χ3v) is 5.28. The average Bonchev–Trinajstić information content (AvgIpc) is 2.33. The van der Waals surface area contributed by atoms with Crippen LogP contribution in [0.3, 0.4) is 0 Å². The SMILES string of the molecule is CC1(C)CN(S(=O)(=O)c2ccccn2)CCC1N. The quantitative estimate of drug-likeness (QED) is 0.862. The fourth-order valence-corrected chi connectivity index (χ4v) is 3.72. The summed E-state index contributed by atoms with van der Waals surface area (Å²) in [5, 5.41) is 0.108. The van der Waals surface area contributed by atoms with Gasteiger partial charge in [0.15, 0.2) is 5.03 Å². The number of nitrogens with zero attached hydrogens (tertiary/aromatic N) is 2. The van der Waals surface area contributed by atoms with Crippen molar-refractivity contribution in [3.05, 3.63) is 24.4 Å². The molecule has 6 heteroatoms. The van der Waals surface area contributed by atoms with Crippen molar-refractivity contribution in [2.24, 2.45) is 11.1 Å². The molecule has 1 aliphatic rings. The minimum absolute atomic E-state index is 0.0349. The van der Waals surface area contributed by atoms with Gasteiger partial charge in [0.25, 0.3) is 10.0 Å². The first-order valence-corrected chi connectivity index (χ1v) is 7.45. The van der Waals surface area contributed by atoms with Gasteiger partial charge < -0.3 is 5.73 Å². The van der Waals surface area contributed by atoms with Crippen LogP contribution in [0, 0.1) is 5.41 Å². The summed E-state index contributed by atoms with van der Waals surface area (Å²) < 4.78 is 26.3. The zero-order valence-corrected chi connectivity index (χ0v) is 11.5. The lowest BCUT2D eigenvalue weighted by molar-refractivity contribution is 0.155. The smallest absolute Gasteiger partial charge is 0.260 e. The van der Waals surface area contributed by atoms with Crippen molar-refractivity contribution in [3.63, 3.8) is 0 Å². The van der Waals surface area contributed by atoms with E-state index in [9.17, 15) is 8.42 Å². The highest BCUT2D eigenvalue weighted by molar-refractivity contribution is 7.89. The Labute approximate surface area is 108 Å². The Balaban J connectivity index is 2.28. The molecule has 1 atom stereocenters. The van der Waals surface area contributed by atoms with Gasteiger partial charge in [-0.3, -0.25) is 0 Å². The van der Waals surface area contributed by atoms with E-state index < -0.39 is 10.0 Å². The fraction of sp³-hybridized carbons (Fsp3) is 0.583. The first-order chi connectivity index (χ1) is 8.34. The largest absolute Gasteiger partial charge is 0.327 e. The van der Waals surface area contributed by atoms with E-state index in [4.69, 9.17) is 5.73 Å². The summed E-state index contributed by atoms with van der Waals surface area (Å²) in [6.07, 6.45) is 2.17. The molecule has 2 heterocycles. The van der Waals surface area contributed by atoms with Gasteiger partial charge in [0.05, 0.1) is 0 Å². The standard InChI is InChI=1S/C12H19N3O2S/c1-12(2)9-15(8-6-10(12)13)18(16,17)11-5-3-4-7-14-11/h3-5,7,10H,6,8-9,13H2,1-2H3. The second-order valence-corrected chi connectivity index (χ2v) is 7.28. The second kappa shape index (κ2) is 4.60. The van der Waals surface area contributed by atoms with Gasteiger partial charge in [0.1, 0.15) is 0 Å². The topological polar surface area (TPSA) is 76.3 Å². The Morgan fingerprint density at radius 3 is 2.72 bits per heavy atom. The number of rotatable bonds is 2. The Kier molecular flexibility index (Phi) is 3.44. The molecule has 1 saturated heterocycles. The van der Waals surface area contributed by atoms with E-state index in [1.165, 1.54) is 16.6 Å². The van der Waals surface area contributed by atoms with Gasteiger partial charge in [0.2, 0.25) is 0 Å². The van der Waals surface area contributed by atoms with Gasteiger partial charge in [-0.1, -0.05) is 19.9 Å². The molecule has 0 spiro atoms. The molecule has 0 bridgehead atoms. The second-order valence-electron chi connectivity index (χ2n) is 5.39. The van der Waals surface area contributed by atoms with Gasteiger partial charge >= 0.3 is 0 Å². The Hall–Kier alpha value is -0.980. The number of hydrogen-bond acceptors (Lipinski definition) is 4. The number of pyridine rings is 1. The van der Waals surface area contributed by atoms with Crippen LogP contribution < -0.4 is 5.73 Å². The molecule has 0 saturated carbocycles. The van der Waals surface area contributed by atoms with E-state index in [0.717, 1.165) is 0 Å². The van der Waals surface area contributed by atoms with Crippen LogP contribution in [0.4, 0.5) is 0 Å². The van der Waals surface area contributed by atoms with Crippen LogP contribution in [0.5, 0.6) is 0 Å². The minimum atomic E-state index is -3.49. The summed E-state index contributed by atoms with van der Waals surface area (Å²) in [6, 6.07) is 4.94. The van der Waals surface area contributed by atoms with Gasteiger partial charge in [-0.15, -0.1) is 0 Å². The number of nitrogens with two attached hydrogens (primary N) is 1. The summed E-state index contributed by atoms with van der Waals surface area (Å²) >= 11 is 0. The molecule has 100 valence electrons. The molecule has 1 aromatic heterocycles. The van der Waals surface area contributed by atoms with Crippen LogP contribution >= 0.6 is 0 Å². The summed E-state index contributed by atoms with van der Waals surface area (Å²) in [5.74, 6) is 0. The highest BCUT2D eigenvalue weighted by Gasteiger charge is 2.39. The van der Waals surface area contributed by atoms with E-state index >= 15 is 0 Å². The minimum Gasteiger partial charge on any atom is -0.327 e. The Morgan fingerprint density at radius 2 is 2.17 bits per heavy atom. The Bertz CT molecular complexity index is 513. The lowest BCUT2D eigenvalue weighted by Gasteiger charge is -2.41. The highest BCUT2D eigenvalue weighted by atomic mass is 32.2. The third kappa shape index (κ3) is 2.41. The van der Waals surface area contributed by atoms with E-state index in [1.807, 2.05) is 13.8 Å². The van der Waals surface area contributed by atoms with Gasteiger partial charge in [-0.25, -0.2) is 13.4 Å². The van der Waals surface area contributed by atoms with Gasteiger partial charge in [-0.05, 0) is 24.0 Å². The number of aromatic nitrogens is 1. The van der Waals surface area contributed by atoms with Crippen LogP contribution in [-0.4, -0.2) is 36.8 Å². The molecule has 0 amide bonds. The van der Waals surface area contributed by atoms with Crippen molar-refractivity contribution in [1.29, 1.82) is 0 Å². The Morgan fingerprint density at radius 1 is 1.44 bits per heavy atom. The average molecular weight is 269 g/mol. The first-order valence-electron chi connectivity index (χ1n) is 6.01. The van der Waals surface area contributed by atoms with Crippen molar-refractivity contribution in [3.8, 4) is 0 Å². The third-order valence-electron chi connectivity index (χ3n) is 3.52. The predicted octanol–water partition coefficient (Wildman–Crippen LogP) is 0.830. The molecule has 1 unspecified atom stereocenters. The molecular weight excluding hydrogens is 250 g/mol. The number of hydrogen-bond donors (Lipinski definition) is 1. The maximum Gasteiger partial charge on any atom is 0.260 e. The van der Waals surface area contributed by atoms with E-state index in [-0.39, 0.29) is 16.5 Å². The molecule has 18 heavy (non-hydrogen) atoms. The van der Waals surface area contributed by atoms with Crippen molar-refractivity contribution in [2.75, 3.05) is 13.1 Å². The van der Waals surface area contributed by atoms with Crippen molar-refractivity contribution in [2.45, 2.75) is 31.3 Å². The van der Waals surface area contributed by atoms with Crippen molar-refractivity contribution < 1.29 is 8.42 Å². The van der Waals surface area contributed by atoms with Crippen LogP contribution in [0.2, 0.25) is 0 Å². The normalized spacial score (nSPS) is 24.9. The molecule has 1 aliphatic heterocycles. The van der Waals surface area contributed by atoms with Crippen LogP contribution in [0.25, 0.3) is 0 Å². The maximum atomic E-state index is 12.4. The zero-order chi connectivity index (χ0) is 13.4. The highest BCUT2D eigenvalue weighted by Crippen LogP contribution is 2.30. The van der Waals surface area contributed by atoms with Crippen LogP contribution in [0.1, 0.15) is 20.3 Å². The predicted molar refractivity (Wildman–Crippen MR) is 69.4 cm³/mol. The summed E-state index contributed by atoms with van der Waals surface area (Å²) in [4.78, 5) is 3.93. The number of piperidine rings is 1. The molecule has 0 aromatic carbocycles. The molecule has 5 nitrogen and oxygen atoms in total. The van der Waals surface area contributed by atoms with E-state index in [1.54, 1.807) is 12.1 Å². The van der Waals surface area contributed by atoms with Crippen LogP contribution in [0.15, 0.2) is 29.4 Å². The molecule has 0 radical (unpaired) electrons. The molecule has 2 rings (SSSR count). The van der Waals surface area contributed by atoms with E-state index in [2.05, 4.69) is 4.98 Å². The summed E-state index contributed by atoms with van der Waals surface area (Å²) in [6.45, 7) is 4.89. The van der Waals surface area contributed by atoms with Crippen molar-refractivity contribution in [1.82, 2.24) is 9.29 Å². The van der Waals surface area contributed by atoms with Gasteiger partial charge in [-0.2, -0.15) is 4.31 Å². The van der Waals surface area contributed by atoms with E-state index in [0.29, 0.717) is 19.5 Å². The summed E-state index contributed by atoms with van der Waals surface area (Å²) in [5.41, 5.74) is 5.81. The molecule has 1 aromatic rings. The van der Waals surface area contributed by atoms with Gasteiger partial charge in [0, 0.05) is 25.3 Å². The molecule has 2 N–H and O–H groups in total. The number of sulfonamides is 1. The lowest BCUT2D eigenvalue weighted by atomic mass is 9.81. The maximum absolute atomic E-state index is 12.4. The monoisotopic (exact) mass is 269 g/mol. The first kappa shape index (κ1) is 13.5.